The highest BCUT2D eigenvalue weighted by atomic mass is 17.3. The molecule has 0 aliphatic heterocycles. The summed E-state index contributed by atoms with van der Waals surface area (Å²) in [5.41, 5.74) is 0.139. The first-order valence-electron chi connectivity index (χ1n) is 9.52. The Morgan fingerprint density at radius 3 is 1.88 bits per heavy atom. The van der Waals surface area contributed by atoms with Gasteiger partial charge in [-0.3, -0.25) is 9.78 Å². The smallest absolute Gasteiger partial charge is 0.295 e. The van der Waals surface area contributed by atoms with Crippen LogP contribution in [0.5, 0.6) is 0 Å². The Labute approximate surface area is 158 Å². The van der Waals surface area contributed by atoms with Gasteiger partial charge in [0.2, 0.25) is 0 Å². The van der Waals surface area contributed by atoms with E-state index in [1.165, 1.54) is 0 Å². The Kier molecular flexibility index (Phi) is 10.4. The predicted molar refractivity (Wildman–Crippen MR) is 99.5 cm³/mol. The van der Waals surface area contributed by atoms with Gasteiger partial charge < -0.3 is 0 Å². The van der Waals surface area contributed by atoms with Gasteiger partial charge in [0, 0.05) is 6.42 Å². The van der Waals surface area contributed by atoms with Crippen molar-refractivity contribution < 1.29 is 29.1 Å². The van der Waals surface area contributed by atoms with Crippen LogP contribution in [0.4, 0.5) is 0 Å². The topological polar surface area (TPSA) is 71.1 Å². The first kappa shape index (κ1) is 24.9. The van der Waals surface area contributed by atoms with Crippen LogP contribution in [0.2, 0.25) is 0 Å². The highest BCUT2D eigenvalue weighted by Gasteiger charge is 2.33. The monoisotopic (exact) mass is 374 g/mol. The number of hydrogen-bond acceptors (Lipinski definition) is 6. The standard InChI is InChI=1S/C20H38O6/c1-14(2)10-11-20(9,26-24-18(22)15(3)4)25-23-17(21)12-16(5)13-19(6,7)8/h14-16H,10-13H2,1-9H3. The van der Waals surface area contributed by atoms with E-state index in [1.807, 2.05) is 6.92 Å². The summed E-state index contributed by atoms with van der Waals surface area (Å²) in [6.07, 6.45) is 2.33. The summed E-state index contributed by atoms with van der Waals surface area (Å²) in [7, 11) is 0. The molecule has 0 radical (unpaired) electrons. The van der Waals surface area contributed by atoms with E-state index < -0.39 is 17.7 Å². The molecule has 0 N–H and O–H groups in total. The number of hydrogen-bond donors (Lipinski definition) is 0. The molecule has 0 aromatic rings. The molecular weight excluding hydrogens is 336 g/mol. The lowest BCUT2D eigenvalue weighted by Gasteiger charge is -2.27. The Morgan fingerprint density at radius 2 is 1.42 bits per heavy atom. The second-order valence-electron chi connectivity index (χ2n) is 9.32. The van der Waals surface area contributed by atoms with Crippen LogP contribution < -0.4 is 0 Å². The van der Waals surface area contributed by atoms with E-state index in [2.05, 4.69) is 34.6 Å². The third-order valence-electron chi connectivity index (χ3n) is 3.73. The van der Waals surface area contributed by atoms with Gasteiger partial charge >= 0.3 is 11.9 Å². The molecule has 0 aromatic carbocycles. The van der Waals surface area contributed by atoms with Crippen LogP contribution in [0.3, 0.4) is 0 Å². The van der Waals surface area contributed by atoms with Gasteiger partial charge in [-0.05, 0) is 37.0 Å². The maximum absolute atomic E-state index is 12.1. The average Bonchev–Trinajstić information content (AvgIpc) is 2.46. The largest absolute Gasteiger partial charge is 0.345 e. The van der Waals surface area contributed by atoms with Crippen LogP contribution in [0.1, 0.15) is 88.0 Å². The molecule has 6 nitrogen and oxygen atoms in total. The van der Waals surface area contributed by atoms with Crippen molar-refractivity contribution in [1.82, 2.24) is 0 Å². The van der Waals surface area contributed by atoms with Crippen molar-refractivity contribution in [3.63, 3.8) is 0 Å². The van der Waals surface area contributed by atoms with Gasteiger partial charge in [-0.15, -0.1) is 9.78 Å². The molecule has 2 atom stereocenters. The average molecular weight is 375 g/mol. The molecule has 0 fully saturated rings. The quantitative estimate of drug-likeness (QED) is 0.281. The van der Waals surface area contributed by atoms with E-state index in [1.54, 1.807) is 20.8 Å². The van der Waals surface area contributed by atoms with E-state index >= 15 is 0 Å². The van der Waals surface area contributed by atoms with Crippen molar-refractivity contribution >= 4 is 11.9 Å². The number of rotatable bonds is 11. The van der Waals surface area contributed by atoms with Crippen LogP contribution in [-0.2, 0) is 29.1 Å². The van der Waals surface area contributed by atoms with Crippen molar-refractivity contribution in [3.8, 4) is 0 Å². The maximum atomic E-state index is 12.1. The van der Waals surface area contributed by atoms with Crippen molar-refractivity contribution in [3.05, 3.63) is 0 Å². The minimum Gasteiger partial charge on any atom is -0.295 e. The van der Waals surface area contributed by atoms with Crippen molar-refractivity contribution in [2.24, 2.45) is 23.2 Å². The first-order valence-corrected chi connectivity index (χ1v) is 9.52. The summed E-state index contributed by atoms with van der Waals surface area (Å²) >= 11 is 0. The van der Waals surface area contributed by atoms with E-state index in [0.29, 0.717) is 12.3 Å². The summed E-state index contributed by atoms with van der Waals surface area (Å²) in [6, 6.07) is 0. The first-order chi connectivity index (χ1) is 11.7. The van der Waals surface area contributed by atoms with Crippen LogP contribution in [0.15, 0.2) is 0 Å². The molecule has 6 heteroatoms. The Bertz CT molecular complexity index is 438. The van der Waals surface area contributed by atoms with Gasteiger partial charge in [0.25, 0.3) is 5.79 Å². The Morgan fingerprint density at radius 1 is 0.885 bits per heavy atom. The summed E-state index contributed by atoms with van der Waals surface area (Å²) in [4.78, 5) is 43.9. The number of carbonyl (C=O) groups is 2. The van der Waals surface area contributed by atoms with Crippen molar-refractivity contribution in [1.29, 1.82) is 0 Å². The zero-order valence-electron chi connectivity index (χ0n) is 18.0. The molecule has 0 bridgehead atoms. The van der Waals surface area contributed by atoms with Gasteiger partial charge in [-0.2, -0.15) is 0 Å². The van der Waals surface area contributed by atoms with Crippen LogP contribution in [-0.4, -0.2) is 17.7 Å². The molecule has 0 amide bonds. The molecule has 0 aliphatic rings. The second-order valence-corrected chi connectivity index (χ2v) is 9.32. The lowest BCUT2D eigenvalue weighted by atomic mass is 9.84. The molecule has 26 heavy (non-hydrogen) atoms. The summed E-state index contributed by atoms with van der Waals surface area (Å²) in [6.45, 7) is 17.5. The third-order valence-corrected chi connectivity index (χ3v) is 3.73. The van der Waals surface area contributed by atoms with Gasteiger partial charge in [0.1, 0.15) is 0 Å². The molecule has 154 valence electrons. The van der Waals surface area contributed by atoms with E-state index in [9.17, 15) is 9.59 Å². The Hall–Kier alpha value is -1.14. The minimum absolute atomic E-state index is 0.139. The molecule has 0 saturated carbocycles. The zero-order valence-corrected chi connectivity index (χ0v) is 18.0. The molecule has 0 saturated heterocycles. The molecule has 0 aliphatic carbocycles. The van der Waals surface area contributed by atoms with E-state index in [-0.39, 0.29) is 23.7 Å². The fourth-order valence-corrected chi connectivity index (χ4v) is 2.44. The van der Waals surface area contributed by atoms with E-state index in [0.717, 1.165) is 12.8 Å². The van der Waals surface area contributed by atoms with Crippen molar-refractivity contribution in [2.45, 2.75) is 93.8 Å². The van der Waals surface area contributed by atoms with E-state index in [4.69, 9.17) is 19.6 Å². The lowest BCUT2D eigenvalue weighted by molar-refractivity contribution is -0.478. The Balaban J connectivity index is 4.65. The summed E-state index contributed by atoms with van der Waals surface area (Å²) < 4.78 is 0. The van der Waals surface area contributed by atoms with Crippen LogP contribution in [0, 0.1) is 23.2 Å². The fourth-order valence-electron chi connectivity index (χ4n) is 2.44. The molecular formula is C20H38O6. The van der Waals surface area contributed by atoms with Gasteiger partial charge in [-0.1, -0.05) is 55.4 Å². The van der Waals surface area contributed by atoms with Crippen LogP contribution in [0.25, 0.3) is 0 Å². The maximum Gasteiger partial charge on any atom is 0.345 e. The van der Waals surface area contributed by atoms with Gasteiger partial charge in [0.05, 0.1) is 12.3 Å². The van der Waals surface area contributed by atoms with Gasteiger partial charge in [0.15, 0.2) is 0 Å². The SMILES string of the molecule is CC(C)CCC(C)(OOC(=O)CC(C)CC(C)(C)C)OOC(=O)C(C)C. The third kappa shape index (κ3) is 12.3. The van der Waals surface area contributed by atoms with Gasteiger partial charge in [-0.25, -0.2) is 9.59 Å². The summed E-state index contributed by atoms with van der Waals surface area (Å²) in [5, 5.41) is 0. The molecule has 0 aromatic heterocycles. The highest BCUT2D eigenvalue weighted by Crippen LogP contribution is 2.27. The normalized spacial score (nSPS) is 15.7. The predicted octanol–water partition coefficient (Wildman–Crippen LogP) is 5.21. The second kappa shape index (κ2) is 10.9. The lowest BCUT2D eigenvalue weighted by Crippen LogP contribution is -2.35. The molecule has 2 unspecified atom stereocenters. The van der Waals surface area contributed by atoms with Crippen molar-refractivity contribution in [2.75, 3.05) is 0 Å². The minimum atomic E-state index is -1.34. The fraction of sp³-hybridized carbons (Fsp3) is 0.900. The zero-order chi connectivity index (χ0) is 20.5. The van der Waals surface area contributed by atoms with Crippen LogP contribution >= 0.6 is 0 Å². The number of carbonyl (C=O) groups excluding carboxylic acids is 2. The summed E-state index contributed by atoms with van der Waals surface area (Å²) in [5.74, 6) is -2.06. The highest BCUT2D eigenvalue weighted by molar-refractivity contribution is 5.70. The molecule has 0 spiro atoms. The molecule has 0 heterocycles. The molecule has 0 rings (SSSR count).